The van der Waals surface area contributed by atoms with E-state index in [4.69, 9.17) is 9.47 Å². The Kier molecular flexibility index (Phi) is 5.74. The third-order valence-electron chi connectivity index (χ3n) is 4.84. The first-order valence-electron chi connectivity index (χ1n) is 8.83. The van der Waals surface area contributed by atoms with Crippen molar-refractivity contribution >= 4 is 11.9 Å². The second-order valence-electron chi connectivity index (χ2n) is 6.61. The summed E-state index contributed by atoms with van der Waals surface area (Å²) in [6.07, 6.45) is 0.132. The van der Waals surface area contributed by atoms with Gasteiger partial charge in [0.2, 0.25) is 5.91 Å². The van der Waals surface area contributed by atoms with Crippen LogP contribution in [0.2, 0.25) is 0 Å². The van der Waals surface area contributed by atoms with Gasteiger partial charge in [-0.25, -0.2) is 4.39 Å². The van der Waals surface area contributed by atoms with Crippen LogP contribution in [-0.2, 0) is 20.9 Å². The highest BCUT2D eigenvalue weighted by molar-refractivity contribution is 5.87. The van der Waals surface area contributed by atoms with E-state index in [1.807, 2.05) is 37.3 Å². The maximum absolute atomic E-state index is 13.7. The van der Waals surface area contributed by atoms with E-state index in [9.17, 15) is 14.0 Å². The first-order valence-corrected chi connectivity index (χ1v) is 8.83. The zero-order chi connectivity index (χ0) is 19.4. The average molecular weight is 371 g/mol. The van der Waals surface area contributed by atoms with Crippen molar-refractivity contribution in [1.82, 2.24) is 4.90 Å². The Morgan fingerprint density at radius 3 is 2.67 bits per heavy atom. The van der Waals surface area contributed by atoms with Crippen LogP contribution in [0, 0.1) is 11.7 Å². The van der Waals surface area contributed by atoms with Gasteiger partial charge in [0.1, 0.15) is 6.61 Å². The molecule has 27 heavy (non-hydrogen) atoms. The fourth-order valence-electron chi connectivity index (χ4n) is 3.25. The van der Waals surface area contributed by atoms with Crippen molar-refractivity contribution in [1.29, 1.82) is 0 Å². The molecule has 1 amide bonds. The Morgan fingerprint density at radius 1 is 1.26 bits per heavy atom. The summed E-state index contributed by atoms with van der Waals surface area (Å²) in [5.41, 5.74) is 1.55. The van der Waals surface area contributed by atoms with Crippen molar-refractivity contribution in [3.8, 4) is 5.75 Å². The van der Waals surface area contributed by atoms with E-state index >= 15 is 0 Å². The third kappa shape index (κ3) is 4.27. The molecule has 2 aromatic carbocycles. The second kappa shape index (κ2) is 8.20. The number of nitrogens with zero attached hydrogens (tertiary/aromatic N) is 1. The summed E-state index contributed by atoms with van der Waals surface area (Å²) in [7, 11) is 1.39. The molecule has 3 rings (SSSR count). The van der Waals surface area contributed by atoms with Gasteiger partial charge in [-0.05, 0) is 30.2 Å². The van der Waals surface area contributed by atoms with Crippen LogP contribution >= 0.6 is 0 Å². The van der Waals surface area contributed by atoms with Crippen molar-refractivity contribution in [2.24, 2.45) is 5.92 Å². The lowest BCUT2D eigenvalue weighted by Gasteiger charge is -2.25. The lowest BCUT2D eigenvalue weighted by Crippen LogP contribution is -2.29. The van der Waals surface area contributed by atoms with Gasteiger partial charge in [0, 0.05) is 13.0 Å². The molecule has 1 heterocycles. The number of likely N-dealkylation sites (tertiary alicyclic amines) is 1. The van der Waals surface area contributed by atoms with Gasteiger partial charge in [-0.1, -0.05) is 36.4 Å². The molecule has 0 aromatic heterocycles. The van der Waals surface area contributed by atoms with Gasteiger partial charge >= 0.3 is 5.97 Å². The minimum absolute atomic E-state index is 0.0430. The van der Waals surface area contributed by atoms with Crippen LogP contribution < -0.4 is 4.74 Å². The quantitative estimate of drug-likeness (QED) is 0.730. The predicted octanol–water partition coefficient (Wildman–Crippen LogP) is 3.49. The summed E-state index contributed by atoms with van der Waals surface area (Å²) in [6.45, 7) is 2.23. The van der Waals surface area contributed by atoms with E-state index in [1.54, 1.807) is 11.0 Å². The Hall–Kier alpha value is -2.89. The molecule has 0 bridgehead atoms. The smallest absolute Gasteiger partial charge is 0.311 e. The highest BCUT2D eigenvalue weighted by Crippen LogP contribution is 2.29. The molecule has 0 radical (unpaired) electrons. The molecule has 2 aromatic rings. The van der Waals surface area contributed by atoms with Crippen molar-refractivity contribution in [2.45, 2.75) is 26.0 Å². The minimum atomic E-state index is -0.509. The third-order valence-corrected chi connectivity index (χ3v) is 4.84. The molecular weight excluding hydrogens is 349 g/mol. The summed E-state index contributed by atoms with van der Waals surface area (Å²) in [4.78, 5) is 26.4. The van der Waals surface area contributed by atoms with Crippen LogP contribution in [0.3, 0.4) is 0 Å². The molecule has 0 aliphatic carbocycles. The van der Waals surface area contributed by atoms with E-state index < -0.39 is 17.7 Å². The molecule has 5 nitrogen and oxygen atoms in total. The number of rotatable bonds is 6. The van der Waals surface area contributed by atoms with Gasteiger partial charge in [0.15, 0.2) is 11.6 Å². The lowest BCUT2D eigenvalue weighted by molar-refractivity contribution is -0.149. The van der Waals surface area contributed by atoms with Crippen LogP contribution in [0.15, 0.2) is 48.5 Å². The zero-order valence-corrected chi connectivity index (χ0v) is 15.4. The maximum atomic E-state index is 13.7. The molecule has 1 aliphatic rings. The number of ether oxygens (including phenoxy) is 2. The van der Waals surface area contributed by atoms with Crippen LogP contribution in [-0.4, -0.2) is 30.4 Å². The van der Waals surface area contributed by atoms with Crippen molar-refractivity contribution < 1.29 is 23.5 Å². The Bertz CT molecular complexity index is 824. The predicted molar refractivity (Wildman–Crippen MR) is 97.4 cm³/mol. The molecule has 0 N–H and O–H groups in total. The minimum Gasteiger partial charge on any atom is -0.494 e. The zero-order valence-electron chi connectivity index (χ0n) is 15.4. The van der Waals surface area contributed by atoms with Crippen LogP contribution in [0.1, 0.15) is 30.5 Å². The SMILES string of the molecule is COc1ccc(COC(=O)[C@H]2CC(=O)N([C@@H](C)c3ccccc3)C2)cc1F. The molecule has 1 saturated heterocycles. The van der Waals surface area contributed by atoms with Gasteiger partial charge in [-0.2, -0.15) is 0 Å². The molecule has 142 valence electrons. The van der Waals surface area contributed by atoms with E-state index in [2.05, 4.69) is 0 Å². The Labute approximate surface area is 157 Å². The van der Waals surface area contributed by atoms with Gasteiger partial charge < -0.3 is 14.4 Å². The van der Waals surface area contributed by atoms with Crippen LogP contribution in [0.25, 0.3) is 0 Å². The summed E-state index contributed by atoms with van der Waals surface area (Å²) >= 11 is 0. The number of esters is 1. The molecular formula is C21H22FNO4. The molecule has 2 atom stereocenters. The summed E-state index contributed by atoms with van der Waals surface area (Å²) < 4.78 is 23.9. The molecule has 1 fully saturated rings. The van der Waals surface area contributed by atoms with Crippen LogP contribution in [0.5, 0.6) is 5.75 Å². The van der Waals surface area contributed by atoms with Crippen molar-refractivity contribution in [2.75, 3.05) is 13.7 Å². The number of carbonyl (C=O) groups is 2. The first kappa shape index (κ1) is 18.9. The molecule has 6 heteroatoms. The Balaban J connectivity index is 1.58. The highest BCUT2D eigenvalue weighted by Gasteiger charge is 2.37. The van der Waals surface area contributed by atoms with E-state index in [0.29, 0.717) is 12.1 Å². The maximum Gasteiger partial charge on any atom is 0.311 e. The number of carbonyl (C=O) groups excluding carboxylic acids is 2. The first-order chi connectivity index (χ1) is 13.0. The average Bonchev–Trinajstić information content (AvgIpc) is 3.08. The van der Waals surface area contributed by atoms with Gasteiger partial charge in [0.05, 0.1) is 19.1 Å². The largest absolute Gasteiger partial charge is 0.494 e. The van der Waals surface area contributed by atoms with Crippen molar-refractivity contribution in [3.05, 3.63) is 65.5 Å². The summed E-state index contributed by atoms with van der Waals surface area (Å²) in [5, 5.41) is 0. The summed E-state index contributed by atoms with van der Waals surface area (Å²) in [5.74, 6) is -1.39. The van der Waals surface area contributed by atoms with Crippen LogP contribution in [0.4, 0.5) is 4.39 Å². The number of amides is 1. The highest BCUT2D eigenvalue weighted by atomic mass is 19.1. The number of halogens is 1. The van der Waals surface area contributed by atoms with Gasteiger partial charge in [-0.15, -0.1) is 0 Å². The topological polar surface area (TPSA) is 55.8 Å². The monoisotopic (exact) mass is 371 g/mol. The van der Waals surface area contributed by atoms with E-state index in [0.717, 1.165) is 5.56 Å². The molecule has 1 aliphatic heterocycles. The van der Waals surface area contributed by atoms with E-state index in [1.165, 1.54) is 19.2 Å². The van der Waals surface area contributed by atoms with Gasteiger partial charge in [0.25, 0.3) is 0 Å². The molecule has 0 saturated carbocycles. The summed E-state index contributed by atoms with van der Waals surface area (Å²) in [6, 6.07) is 14.0. The number of hydrogen-bond acceptors (Lipinski definition) is 4. The standard InChI is InChI=1S/C21H22FNO4/c1-14(16-6-4-3-5-7-16)23-12-17(11-20(23)24)21(25)27-13-15-8-9-19(26-2)18(22)10-15/h3-10,14,17H,11-13H2,1-2H3/t14-,17-/m0/s1. The van der Waals surface area contributed by atoms with Crippen molar-refractivity contribution in [3.63, 3.8) is 0 Å². The Morgan fingerprint density at radius 2 is 2.00 bits per heavy atom. The fraction of sp³-hybridized carbons (Fsp3) is 0.333. The fourth-order valence-corrected chi connectivity index (χ4v) is 3.25. The van der Waals surface area contributed by atoms with Gasteiger partial charge in [-0.3, -0.25) is 9.59 Å². The molecule has 0 unspecified atom stereocenters. The second-order valence-corrected chi connectivity index (χ2v) is 6.61. The normalized spacial score (nSPS) is 17.7. The van der Waals surface area contributed by atoms with E-state index in [-0.39, 0.29) is 30.7 Å². The lowest BCUT2D eigenvalue weighted by atomic mass is 10.1. The molecule has 0 spiro atoms. The number of methoxy groups -OCH3 is 1. The number of benzene rings is 2. The number of hydrogen-bond donors (Lipinski definition) is 0.